The van der Waals surface area contributed by atoms with Crippen LogP contribution in [-0.4, -0.2) is 37.9 Å². The number of carbonyl (C=O) groups excluding carboxylic acids is 2. The van der Waals surface area contributed by atoms with E-state index in [0.717, 1.165) is 29.5 Å². The predicted molar refractivity (Wildman–Crippen MR) is 129 cm³/mol. The molecule has 1 saturated carbocycles. The van der Waals surface area contributed by atoms with Gasteiger partial charge in [-0.25, -0.2) is 4.98 Å². The molecular formula is C24H26IN3O3. The highest BCUT2D eigenvalue weighted by atomic mass is 127. The van der Waals surface area contributed by atoms with Gasteiger partial charge in [-0.2, -0.15) is 0 Å². The Hall–Kier alpha value is -2.26. The molecule has 1 aromatic carbocycles. The van der Waals surface area contributed by atoms with Crippen LogP contribution in [0.4, 0.5) is 5.82 Å². The summed E-state index contributed by atoms with van der Waals surface area (Å²) in [5.41, 5.74) is 1.99. The SMILES string of the molecule is O=C1CCc2cc(/C=C/C(=O)N(CI)C[C@@H]3CCC(O)(c4ccccc4)C3)cnc2N1. The molecule has 0 spiro atoms. The number of carbonyl (C=O) groups is 2. The Morgan fingerprint density at radius 3 is 2.90 bits per heavy atom. The summed E-state index contributed by atoms with van der Waals surface area (Å²) in [6.07, 6.45) is 8.44. The number of nitrogens with zero attached hydrogens (tertiary/aromatic N) is 2. The number of fused-ring (bicyclic) bond motifs is 1. The molecule has 2 aromatic rings. The molecule has 0 bridgehead atoms. The van der Waals surface area contributed by atoms with Crippen LogP contribution in [0.1, 0.15) is 42.4 Å². The minimum absolute atomic E-state index is 0.0118. The summed E-state index contributed by atoms with van der Waals surface area (Å²) < 4.78 is 0.593. The molecule has 162 valence electrons. The molecule has 0 radical (unpaired) electrons. The van der Waals surface area contributed by atoms with Gasteiger partial charge in [0.2, 0.25) is 11.8 Å². The summed E-state index contributed by atoms with van der Waals surface area (Å²) in [4.78, 5) is 30.4. The Balaban J connectivity index is 1.37. The van der Waals surface area contributed by atoms with Crippen LogP contribution < -0.4 is 5.32 Å². The van der Waals surface area contributed by atoms with Crippen LogP contribution in [0, 0.1) is 5.92 Å². The standard InChI is InChI=1S/C24H26IN3O3/c25-16-28(15-18-10-11-24(31,13-18)20-4-2-1-3-5-20)22(30)9-6-17-12-19-7-8-21(29)27-23(19)26-14-17/h1-6,9,12,14,18,31H,7-8,10-11,13,15-16H2,(H,26,27,29)/b9-6+/t18-,24?/m1/s1. The zero-order chi connectivity index (χ0) is 21.8. The maximum absolute atomic E-state index is 12.8. The van der Waals surface area contributed by atoms with Gasteiger partial charge in [0.25, 0.3) is 0 Å². The molecule has 2 amide bonds. The maximum atomic E-state index is 12.8. The number of benzene rings is 1. The van der Waals surface area contributed by atoms with Crippen molar-refractivity contribution < 1.29 is 14.7 Å². The maximum Gasteiger partial charge on any atom is 0.247 e. The molecule has 1 fully saturated rings. The Morgan fingerprint density at radius 2 is 2.13 bits per heavy atom. The molecule has 31 heavy (non-hydrogen) atoms. The van der Waals surface area contributed by atoms with Crippen LogP contribution in [-0.2, 0) is 21.6 Å². The lowest BCUT2D eigenvalue weighted by Gasteiger charge is -2.26. The van der Waals surface area contributed by atoms with Gasteiger partial charge in [0, 0.05) is 25.2 Å². The average Bonchev–Trinajstić information content (AvgIpc) is 3.18. The number of anilines is 1. The molecule has 1 aromatic heterocycles. The minimum Gasteiger partial charge on any atom is -0.385 e. The van der Waals surface area contributed by atoms with E-state index in [1.807, 2.05) is 41.3 Å². The molecule has 2 aliphatic rings. The molecule has 2 atom stereocenters. The first-order chi connectivity index (χ1) is 15.0. The van der Waals surface area contributed by atoms with Crippen LogP contribution >= 0.6 is 22.6 Å². The van der Waals surface area contributed by atoms with E-state index in [4.69, 9.17) is 0 Å². The van der Waals surface area contributed by atoms with E-state index in [2.05, 4.69) is 32.9 Å². The van der Waals surface area contributed by atoms with Crippen LogP contribution in [0.5, 0.6) is 0 Å². The predicted octanol–water partition coefficient (Wildman–Crippen LogP) is 3.89. The number of aromatic nitrogens is 1. The molecule has 0 saturated heterocycles. The van der Waals surface area contributed by atoms with Crippen molar-refractivity contribution in [3.05, 3.63) is 65.4 Å². The fraction of sp³-hybridized carbons (Fsp3) is 0.375. The molecule has 2 heterocycles. The number of pyridine rings is 1. The number of aliphatic hydroxyl groups is 1. The van der Waals surface area contributed by atoms with Crippen LogP contribution in [0.15, 0.2) is 48.7 Å². The summed E-state index contributed by atoms with van der Waals surface area (Å²) in [7, 11) is 0. The highest BCUT2D eigenvalue weighted by Gasteiger charge is 2.39. The third-order valence-corrected chi connectivity index (χ3v) is 6.95. The van der Waals surface area contributed by atoms with Gasteiger partial charge in [0.05, 0.1) is 10.2 Å². The van der Waals surface area contributed by atoms with E-state index >= 15 is 0 Å². The molecular weight excluding hydrogens is 505 g/mol. The summed E-state index contributed by atoms with van der Waals surface area (Å²) in [6, 6.07) is 11.8. The summed E-state index contributed by atoms with van der Waals surface area (Å²) in [5, 5.41) is 13.8. The smallest absolute Gasteiger partial charge is 0.247 e. The highest BCUT2D eigenvalue weighted by Crippen LogP contribution is 2.42. The third kappa shape index (κ3) is 5.15. The number of alkyl halides is 1. The fourth-order valence-electron chi connectivity index (χ4n) is 4.44. The van der Waals surface area contributed by atoms with Crippen molar-refractivity contribution in [2.45, 2.75) is 37.7 Å². The van der Waals surface area contributed by atoms with E-state index in [9.17, 15) is 14.7 Å². The van der Waals surface area contributed by atoms with Crippen molar-refractivity contribution in [3.8, 4) is 0 Å². The van der Waals surface area contributed by atoms with Gasteiger partial charge in [0.1, 0.15) is 5.82 Å². The average molecular weight is 531 g/mol. The molecule has 4 rings (SSSR count). The number of hydrogen-bond acceptors (Lipinski definition) is 4. The van der Waals surface area contributed by atoms with Crippen molar-refractivity contribution >= 4 is 46.3 Å². The van der Waals surface area contributed by atoms with Crippen molar-refractivity contribution in [1.29, 1.82) is 0 Å². The molecule has 6 nitrogen and oxygen atoms in total. The van der Waals surface area contributed by atoms with Gasteiger partial charge >= 0.3 is 0 Å². The fourth-order valence-corrected chi connectivity index (χ4v) is 5.05. The van der Waals surface area contributed by atoms with E-state index < -0.39 is 5.60 Å². The highest BCUT2D eigenvalue weighted by molar-refractivity contribution is 14.1. The van der Waals surface area contributed by atoms with E-state index in [0.29, 0.717) is 36.2 Å². The lowest BCUT2D eigenvalue weighted by atomic mass is 9.91. The van der Waals surface area contributed by atoms with Gasteiger partial charge in [-0.15, -0.1) is 0 Å². The molecule has 1 aliphatic carbocycles. The first-order valence-electron chi connectivity index (χ1n) is 10.6. The van der Waals surface area contributed by atoms with Gasteiger partial charge in [-0.05, 0) is 60.4 Å². The summed E-state index contributed by atoms with van der Waals surface area (Å²) in [6.45, 7) is 0.635. The van der Waals surface area contributed by atoms with Crippen molar-refractivity contribution in [2.75, 3.05) is 16.4 Å². The van der Waals surface area contributed by atoms with Gasteiger partial charge < -0.3 is 15.3 Å². The van der Waals surface area contributed by atoms with Crippen LogP contribution in [0.3, 0.4) is 0 Å². The number of aryl methyl sites for hydroxylation is 1. The van der Waals surface area contributed by atoms with Crippen molar-refractivity contribution in [2.24, 2.45) is 5.92 Å². The molecule has 1 unspecified atom stereocenters. The number of amides is 2. The number of halogens is 1. The van der Waals surface area contributed by atoms with Crippen molar-refractivity contribution in [3.63, 3.8) is 0 Å². The molecule has 2 N–H and O–H groups in total. The first kappa shape index (κ1) is 22.0. The molecule has 1 aliphatic heterocycles. The van der Waals surface area contributed by atoms with E-state index in [1.54, 1.807) is 18.3 Å². The van der Waals surface area contributed by atoms with Gasteiger partial charge in [0.15, 0.2) is 0 Å². The monoisotopic (exact) mass is 531 g/mol. The normalized spacial score (nSPS) is 22.9. The van der Waals surface area contributed by atoms with Gasteiger partial charge in [-0.1, -0.05) is 52.9 Å². The Kier molecular flexibility index (Phi) is 6.71. The zero-order valence-electron chi connectivity index (χ0n) is 17.3. The van der Waals surface area contributed by atoms with Crippen molar-refractivity contribution in [1.82, 2.24) is 9.88 Å². The zero-order valence-corrected chi connectivity index (χ0v) is 19.4. The third-order valence-electron chi connectivity index (χ3n) is 6.12. The Bertz CT molecular complexity index is 995. The molecule has 7 heteroatoms. The quantitative estimate of drug-likeness (QED) is 0.257. The summed E-state index contributed by atoms with van der Waals surface area (Å²) >= 11 is 2.21. The summed E-state index contributed by atoms with van der Waals surface area (Å²) in [5.74, 6) is 0.824. The Labute approximate surface area is 195 Å². The second kappa shape index (κ2) is 9.48. The first-order valence-corrected chi connectivity index (χ1v) is 12.1. The largest absolute Gasteiger partial charge is 0.385 e. The number of nitrogens with one attached hydrogen (secondary N) is 1. The lowest BCUT2D eigenvalue weighted by Crippen LogP contribution is -2.33. The second-order valence-corrected chi connectivity index (χ2v) is 9.03. The number of hydrogen-bond donors (Lipinski definition) is 2. The Morgan fingerprint density at radius 1 is 1.32 bits per heavy atom. The minimum atomic E-state index is -0.800. The van der Waals surface area contributed by atoms with Crippen LogP contribution in [0.25, 0.3) is 6.08 Å². The van der Waals surface area contributed by atoms with E-state index in [-0.39, 0.29) is 17.7 Å². The second-order valence-electron chi connectivity index (χ2n) is 8.34. The van der Waals surface area contributed by atoms with Gasteiger partial charge in [-0.3, -0.25) is 9.59 Å². The van der Waals surface area contributed by atoms with E-state index in [1.165, 1.54) is 0 Å². The lowest BCUT2D eigenvalue weighted by molar-refractivity contribution is -0.125. The van der Waals surface area contributed by atoms with Crippen LogP contribution in [0.2, 0.25) is 0 Å². The number of rotatable bonds is 6. The topological polar surface area (TPSA) is 82.5 Å².